The molecule has 1 atom stereocenters. The van der Waals surface area contributed by atoms with E-state index in [-0.39, 0.29) is 11.3 Å². The Bertz CT molecular complexity index is 774. The molecule has 0 bridgehead atoms. The number of thioether (sulfide) groups is 1. The van der Waals surface area contributed by atoms with Crippen LogP contribution in [0.5, 0.6) is 0 Å². The highest BCUT2D eigenvalue weighted by Gasteiger charge is 2.36. The lowest BCUT2D eigenvalue weighted by molar-refractivity contribution is -0.116. The van der Waals surface area contributed by atoms with Crippen LogP contribution in [-0.4, -0.2) is 17.4 Å². The highest BCUT2D eigenvalue weighted by Crippen LogP contribution is 2.51. The fourth-order valence-corrected chi connectivity index (χ4v) is 4.54. The van der Waals surface area contributed by atoms with Crippen LogP contribution in [0.2, 0.25) is 5.02 Å². The van der Waals surface area contributed by atoms with E-state index in [1.807, 2.05) is 42.5 Å². The molecule has 1 amide bonds. The Balaban J connectivity index is 2.05. The van der Waals surface area contributed by atoms with Crippen molar-refractivity contribution in [3.8, 4) is 0 Å². The van der Waals surface area contributed by atoms with Crippen LogP contribution in [0.4, 0.5) is 0 Å². The van der Waals surface area contributed by atoms with E-state index in [1.165, 1.54) is 5.56 Å². The maximum Gasteiger partial charge on any atom is 0.266 e. The lowest BCUT2D eigenvalue weighted by atomic mass is 10.1. The van der Waals surface area contributed by atoms with Crippen LogP contribution in [0.25, 0.3) is 4.91 Å². The van der Waals surface area contributed by atoms with Crippen molar-refractivity contribution in [1.29, 1.82) is 0 Å². The van der Waals surface area contributed by atoms with Crippen LogP contribution in [0.1, 0.15) is 36.3 Å². The average Bonchev–Trinajstić information content (AvgIpc) is 3.01. The SMILES string of the molecule is CCCCN1C(C(N)=O)=C(c2ccc(Cl)cc2)SC1c1ccccc1. The van der Waals surface area contributed by atoms with Gasteiger partial charge in [0.25, 0.3) is 5.91 Å². The normalized spacial score (nSPS) is 17.2. The van der Waals surface area contributed by atoms with Gasteiger partial charge in [0.1, 0.15) is 11.1 Å². The van der Waals surface area contributed by atoms with Gasteiger partial charge in [-0.2, -0.15) is 0 Å². The van der Waals surface area contributed by atoms with Crippen LogP contribution in [0.15, 0.2) is 60.3 Å². The molecule has 0 saturated heterocycles. The quantitative estimate of drug-likeness (QED) is 0.772. The monoisotopic (exact) mass is 372 g/mol. The second-order valence-corrected chi connectivity index (χ2v) is 7.50. The molecule has 0 radical (unpaired) electrons. The van der Waals surface area contributed by atoms with Gasteiger partial charge >= 0.3 is 0 Å². The highest BCUT2D eigenvalue weighted by atomic mass is 35.5. The van der Waals surface area contributed by atoms with Crippen molar-refractivity contribution >= 4 is 34.2 Å². The summed E-state index contributed by atoms with van der Waals surface area (Å²) in [6.07, 6.45) is 2.07. The number of unbranched alkanes of at least 4 members (excludes halogenated alkanes) is 1. The van der Waals surface area contributed by atoms with Crippen molar-refractivity contribution in [1.82, 2.24) is 4.90 Å². The molecule has 0 spiro atoms. The standard InChI is InChI=1S/C20H21ClN2OS/c1-2-3-13-23-17(19(22)24)18(14-9-11-16(21)12-10-14)25-20(23)15-7-5-4-6-8-15/h4-12,20H,2-3,13H2,1H3,(H2,22,24). The van der Waals surface area contributed by atoms with Gasteiger partial charge in [0.05, 0.1) is 0 Å². The van der Waals surface area contributed by atoms with E-state index in [0.717, 1.165) is 29.9 Å². The molecule has 2 aromatic rings. The minimum absolute atomic E-state index is 0.0564. The van der Waals surface area contributed by atoms with E-state index in [2.05, 4.69) is 24.0 Å². The summed E-state index contributed by atoms with van der Waals surface area (Å²) >= 11 is 7.69. The zero-order valence-corrected chi connectivity index (χ0v) is 15.7. The summed E-state index contributed by atoms with van der Waals surface area (Å²) in [5.74, 6) is -0.382. The largest absolute Gasteiger partial charge is 0.364 e. The second kappa shape index (κ2) is 7.98. The van der Waals surface area contributed by atoms with Gasteiger partial charge in [-0.3, -0.25) is 4.79 Å². The Morgan fingerprint density at radius 1 is 1.16 bits per heavy atom. The van der Waals surface area contributed by atoms with Crippen molar-refractivity contribution in [2.45, 2.75) is 25.1 Å². The topological polar surface area (TPSA) is 46.3 Å². The van der Waals surface area contributed by atoms with Gasteiger partial charge in [0.15, 0.2) is 0 Å². The van der Waals surface area contributed by atoms with Crippen LogP contribution in [0.3, 0.4) is 0 Å². The number of nitrogens with zero attached hydrogens (tertiary/aromatic N) is 1. The summed E-state index contributed by atoms with van der Waals surface area (Å²) < 4.78 is 0. The lowest BCUT2D eigenvalue weighted by Crippen LogP contribution is -2.31. The van der Waals surface area contributed by atoms with Crippen molar-refractivity contribution < 1.29 is 4.79 Å². The molecule has 1 unspecified atom stereocenters. The Labute approximate surface area is 157 Å². The molecule has 5 heteroatoms. The van der Waals surface area contributed by atoms with E-state index < -0.39 is 0 Å². The predicted molar refractivity (Wildman–Crippen MR) is 106 cm³/mol. The maximum atomic E-state index is 12.3. The highest BCUT2D eigenvalue weighted by molar-refractivity contribution is 8.08. The van der Waals surface area contributed by atoms with Crippen LogP contribution >= 0.6 is 23.4 Å². The summed E-state index contributed by atoms with van der Waals surface area (Å²) in [6.45, 7) is 2.95. The number of carbonyl (C=O) groups excluding carboxylic acids is 1. The molecular weight excluding hydrogens is 352 g/mol. The van der Waals surface area contributed by atoms with Gasteiger partial charge in [-0.15, -0.1) is 0 Å². The van der Waals surface area contributed by atoms with Gasteiger partial charge in [0, 0.05) is 16.5 Å². The van der Waals surface area contributed by atoms with Crippen molar-refractivity contribution in [2.75, 3.05) is 6.54 Å². The molecule has 0 saturated carbocycles. The minimum Gasteiger partial charge on any atom is -0.364 e. The summed E-state index contributed by atoms with van der Waals surface area (Å²) in [7, 11) is 0. The zero-order valence-electron chi connectivity index (χ0n) is 14.1. The lowest BCUT2D eigenvalue weighted by Gasteiger charge is -2.27. The molecule has 2 aromatic carbocycles. The molecule has 3 nitrogen and oxygen atoms in total. The molecule has 3 rings (SSSR count). The first-order valence-electron chi connectivity index (χ1n) is 8.40. The molecular formula is C20H21ClN2OS. The number of halogens is 1. The number of primary amides is 1. The summed E-state index contributed by atoms with van der Waals surface area (Å²) in [5, 5.41) is 0.733. The van der Waals surface area contributed by atoms with E-state index >= 15 is 0 Å². The first kappa shape index (κ1) is 17.9. The Morgan fingerprint density at radius 3 is 2.44 bits per heavy atom. The predicted octanol–water partition coefficient (Wildman–Crippen LogP) is 5.04. The Morgan fingerprint density at radius 2 is 1.84 bits per heavy atom. The number of benzene rings is 2. The number of hydrogen-bond donors (Lipinski definition) is 1. The first-order valence-corrected chi connectivity index (χ1v) is 9.66. The molecule has 130 valence electrons. The van der Waals surface area contributed by atoms with Crippen LogP contribution in [-0.2, 0) is 4.79 Å². The number of hydrogen-bond acceptors (Lipinski definition) is 3. The summed E-state index contributed by atoms with van der Waals surface area (Å²) in [5.41, 5.74) is 8.53. The first-order chi connectivity index (χ1) is 12.1. The second-order valence-electron chi connectivity index (χ2n) is 5.98. The molecule has 1 aliphatic heterocycles. The third-order valence-electron chi connectivity index (χ3n) is 4.19. The van der Waals surface area contributed by atoms with Gasteiger partial charge in [-0.25, -0.2) is 0 Å². The van der Waals surface area contributed by atoms with Gasteiger partial charge < -0.3 is 10.6 Å². The Kier molecular flexibility index (Phi) is 5.71. The van der Waals surface area contributed by atoms with Crippen LogP contribution < -0.4 is 5.73 Å². The Hall–Kier alpha value is -1.91. The third-order valence-corrected chi connectivity index (χ3v) is 5.86. The molecule has 0 aromatic heterocycles. The van der Waals surface area contributed by atoms with Gasteiger partial charge in [-0.05, 0) is 29.7 Å². The number of nitrogens with two attached hydrogens (primary N) is 1. The number of rotatable bonds is 6. The minimum atomic E-state index is -0.382. The fraction of sp³-hybridized carbons (Fsp3) is 0.250. The number of carbonyl (C=O) groups is 1. The van der Waals surface area contributed by atoms with E-state index in [0.29, 0.717) is 10.7 Å². The zero-order chi connectivity index (χ0) is 17.8. The average molecular weight is 373 g/mol. The van der Waals surface area contributed by atoms with Crippen LogP contribution in [0, 0.1) is 0 Å². The van der Waals surface area contributed by atoms with Crippen molar-refractivity contribution in [3.05, 3.63) is 76.4 Å². The summed E-state index contributed by atoms with van der Waals surface area (Å²) in [6, 6.07) is 17.8. The van der Waals surface area contributed by atoms with E-state index in [4.69, 9.17) is 17.3 Å². The molecule has 2 N–H and O–H groups in total. The maximum absolute atomic E-state index is 12.3. The van der Waals surface area contributed by atoms with Gasteiger partial charge in [0.2, 0.25) is 0 Å². The van der Waals surface area contributed by atoms with Gasteiger partial charge in [-0.1, -0.05) is 79.2 Å². The third kappa shape index (κ3) is 3.86. The molecule has 0 fully saturated rings. The van der Waals surface area contributed by atoms with E-state index in [9.17, 15) is 4.79 Å². The molecule has 1 aliphatic rings. The summed E-state index contributed by atoms with van der Waals surface area (Å²) in [4.78, 5) is 15.4. The molecule has 1 heterocycles. The smallest absolute Gasteiger partial charge is 0.266 e. The van der Waals surface area contributed by atoms with Crippen molar-refractivity contribution in [2.24, 2.45) is 5.73 Å². The molecule has 25 heavy (non-hydrogen) atoms. The molecule has 0 aliphatic carbocycles. The number of amides is 1. The fourth-order valence-electron chi connectivity index (χ4n) is 2.96. The van der Waals surface area contributed by atoms with Crippen molar-refractivity contribution in [3.63, 3.8) is 0 Å². The van der Waals surface area contributed by atoms with E-state index in [1.54, 1.807) is 11.8 Å².